The minimum atomic E-state index is -0.180. The zero-order valence-electron chi connectivity index (χ0n) is 12.1. The monoisotopic (exact) mass is 286 g/mol. The number of carbonyl (C=O) groups is 1. The average Bonchev–Trinajstić information content (AvgIpc) is 2.53. The van der Waals surface area contributed by atoms with Gasteiger partial charge in [-0.05, 0) is 35.9 Å². The summed E-state index contributed by atoms with van der Waals surface area (Å²) in [7, 11) is 3.15. The van der Waals surface area contributed by atoms with Gasteiger partial charge in [0.25, 0.3) is 5.91 Å². The highest BCUT2D eigenvalue weighted by Crippen LogP contribution is 2.21. The van der Waals surface area contributed by atoms with Crippen LogP contribution in [0, 0.1) is 0 Å². The Morgan fingerprint density at radius 2 is 1.81 bits per heavy atom. The topological polar surface area (TPSA) is 73.6 Å². The summed E-state index contributed by atoms with van der Waals surface area (Å²) in [6, 6.07) is 12.5. The molecule has 3 N–H and O–H groups in total. The number of anilines is 1. The van der Waals surface area contributed by atoms with Gasteiger partial charge in [-0.2, -0.15) is 0 Å². The predicted molar refractivity (Wildman–Crippen MR) is 81.6 cm³/mol. The summed E-state index contributed by atoms with van der Waals surface area (Å²) >= 11 is 0. The molecule has 0 aliphatic rings. The maximum absolute atomic E-state index is 12.1. The quantitative estimate of drug-likeness (QED) is 0.827. The lowest BCUT2D eigenvalue weighted by molar-refractivity contribution is 0.0951. The molecule has 2 aromatic rings. The fourth-order valence-electron chi connectivity index (χ4n) is 1.90. The molecule has 2 aromatic carbocycles. The van der Waals surface area contributed by atoms with Gasteiger partial charge in [-0.3, -0.25) is 4.79 Å². The van der Waals surface area contributed by atoms with Gasteiger partial charge in [0.15, 0.2) is 0 Å². The summed E-state index contributed by atoms with van der Waals surface area (Å²) < 4.78 is 10.1. The Hall–Kier alpha value is -2.69. The minimum absolute atomic E-state index is 0.180. The number of carbonyl (C=O) groups excluding carboxylic acids is 1. The second kappa shape index (κ2) is 6.65. The molecule has 21 heavy (non-hydrogen) atoms. The van der Waals surface area contributed by atoms with Crippen molar-refractivity contribution in [3.05, 3.63) is 53.6 Å². The van der Waals surface area contributed by atoms with Gasteiger partial charge in [-0.15, -0.1) is 0 Å². The van der Waals surface area contributed by atoms with Crippen molar-refractivity contribution < 1.29 is 14.3 Å². The first-order chi connectivity index (χ1) is 10.1. The van der Waals surface area contributed by atoms with Crippen LogP contribution in [0.15, 0.2) is 42.5 Å². The van der Waals surface area contributed by atoms with E-state index in [9.17, 15) is 4.79 Å². The Bertz CT molecular complexity index is 624. The van der Waals surface area contributed by atoms with Crippen molar-refractivity contribution in [3.8, 4) is 11.5 Å². The van der Waals surface area contributed by atoms with Crippen molar-refractivity contribution in [1.29, 1.82) is 0 Å². The van der Waals surface area contributed by atoms with Crippen LogP contribution in [0.25, 0.3) is 0 Å². The van der Waals surface area contributed by atoms with Crippen LogP contribution in [0.3, 0.4) is 0 Å². The Labute approximate surface area is 123 Å². The van der Waals surface area contributed by atoms with Crippen molar-refractivity contribution in [3.63, 3.8) is 0 Å². The summed E-state index contributed by atoms with van der Waals surface area (Å²) in [5, 5.41) is 2.84. The second-order valence-corrected chi connectivity index (χ2v) is 4.49. The van der Waals surface area contributed by atoms with Crippen LogP contribution in [-0.2, 0) is 6.54 Å². The first kappa shape index (κ1) is 14.7. The van der Waals surface area contributed by atoms with Crippen LogP contribution >= 0.6 is 0 Å². The minimum Gasteiger partial charge on any atom is -0.497 e. The third-order valence-corrected chi connectivity index (χ3v) is 3.10. The molecule has 5 nitrogen and oxygen atoms in total. The van der Waals surface area contributed by atoms with E-state index >= 15 is 0 Å². The van der Waals surface area contributed by atoms with E-state index in [2.05, 4.69) is 5.32 Å². The number of amides is 1. The van der Waals surface area contributed by atoms with Gasteiger partial charge in [-0.25, -0.2) is 0 Å². The molecule has 0 spiro atoms. The highest BCUT2D eigenvalue weighted by Gasteiger charge is 2.08. The number of nitrogen functional groups attached to an aromatic ring is 1. The lowest BCUT2D eigenvalue weighted by atomic mass is 10.1. The fraction of sp³-hybridized carbons (Fsp3) is 0.188. The summed E-state index contributed by atoms with van der Waals surface area (Å²) in [4.78, 5) is 12.1. The third-order valence-electron chi connectivity index (χ3n) is 3.10. The Morgan fingerprint density at radius 3 is 2.38 bits per heavy atom. The van der Waals surface area contributed by atoms with Gasteiger partial charge < -0.3 is 20.5 Å². The van der Waals surface area contributed by atoms with E-state index in [4.69, 9.17) is 15.2 Å². The Balaban J connectivity index is 1.99. The van der Waals surface area contributed by atoms with Crippen LogP contribution in [0.5, 0.6) is 11.5 Å². The van der Waals surface area contributed by atoms with Crippen molar-refractivity contribution in [1.82, 2.24) is 5.32 Å². The molecular weight excluding hydrogens is 268 g/mol. The zero-order valence-corrected chi connectivity index (χ0v) is 12.1. The first-order valence-corrected chi connectivity index (χ1v) is 6.48. The Kier molecular flexibility index (Phi) is 4.66. The van der Waals surface area contributed by atoms with Crippen LogP contribution in [0.1, 0.15) is 15.9 Å². The van der Waals surface area contributed by atoms with Gasteiger partial charge in [0.2, 0.25) is 0 Å². The van der Waals surface area contributed by atoms with Gasteiger partial charge in [0.05, 0.1) is 19.9 Å². The van der Waals surface area contributed by atoms with Crippen LogP contribution in [-0.4, -0.2) is 20.1 Å². The molecule has 0 aromatic heterocycles. The molecule has 0 bridgehead atoms. The molecule has 0 atom stereocenters. The number of hydrogen-bond acceptors (Lipinski definition) is 4. The molecule has 110 valence electrons. The van der Waals surface area contributed by atoms with Gasteiger partial charge >= 0.3 is 0 Å². The normalized spacial score (nSPS) is 10.0. The molecule has 0 aliphatic carbocycles. The lowest BCUT2D eigenvalue weighted by Crippen LogP contribution is -2.22. The van der Waals surface area contributed by atoms with Crippen molar-refractivity contribution in [2.24, 2.45) is 0 Å². The molecule has 0 saturated carbocycles. The van der Waals surface area contributed by atoms with Crippen molar-refractivity contribution in [2.45, 2.75) is 6.54 Å². The van der Waals surface area contributed by atoms with Crippen LogP contribution in [0.4, 0.5) is 5.69 Å². The lowest BCUT2D eigenvalue weighted by Gasteiger charge is -2.09. The molecule has 0 fully saturated rings. The smallest absolute Gasteiger partial charge is 0.251 e. The highest BCUT2D eigenvalue weighted by molar-refractivity contribution is 5.95. The summed E-state index contributed by atoms with van der Waals surface area (Å²) in [5.41, 5.74) is 7.72. The second-order valence-electron chi connectivity index (χ2n) is 4.49. The van der Waals surface area contributed by atoms with E-state index in [1.807, 2.05) is 24.3 Å². The molecule has 1 amide bonds. The maximum atomic E-state index is 12.1. The fourth-order valence-corrected chi connectivity index (χ4v) is 1.90. The number of hydrogen-bond donors (Lipinski definition) is 2. The SMILES string of the molecule is COc1ccc(CNC(=O)c2ccc(OC)c(N)c2)cc1. The number of ether oxygens (including phenoxy) is 2. The van der Waals surface area contributed by atoms with Crippen LogP contribution < -0.4 is 20.5 Å². The van der Waals surface area contributed by atoms with E-state index < -0.39 is 0 Å². The van der Waals surface area contributed by atoms with Crippen molar-refractivity contribution >= 4 is 11.6 Å². The van der Waals surface area contributed by atoms with Gasteiger partial charge in [-0.1, -0.05) is 12.1 Å². The number of benzene rings is 2. The number of rotatable bonds is 5. The molecule has 0 heterocycles. The average molecular weight is 286 g/mol. The van der Waals surface area contributed by atoms with Gasteiger partial charge in [0, 0.05) is 12.1 Å². The van der Waals surface area contributed by atoms with E-state index in [0.29, 0.717) is 23.5 Å². The van der Waals surface area contributed by atoms with E-state index in [1.165, 1.54) is 7.11 Å². The molecule has 0 radical (unpaired) electrons. The van der Waals surface area contributed by atoms with Gasteiger partial charge in [0.1, 0.15) is 11.5 Å². The number of nitrogens with two attached hydrogens (primary N) is 1. The highest BCUT2D eigenvalue weighted by atomic mass is 16.5. The van der Waals surface area contributed by atoms with E-state index in [-0.39, 0.29) is 5.91 Å². The predicted octanol–water partition coefficient (Wildman–Crippen LogP) is 2.22. The Morgan fingerprint density at radius 1 is 1.10 bits per heavy atom. The molecule has 5 heteroatoms. The van der Waals surface area contributed by atoms with E-state index in [1.54, 1.807) is 25.3 Å². The third kappa shape index (κ3) is 3.66. The zero-order chi connectivity index (χ0) is 15.2. The molecule has 0 unspecified atom stereocenters. The number of methoxy groups -OCH3 is 2. The molecule has 0 saturated heterocycles. The summed E-state index contributed by atoms with van der Waals surface area (Å²) in [5.74, 6) is 1.16. The molecule has 2 rings (SSSR count). The van der Waals surface area contributed by atoms with Crippen LogP contribution in [0.2, 0.25) is 0 Å². The molecular formula is C16H18N2O3. The number of nitrogens with one attached hydrogen (secondary N) is 1. The maximum Gasteiger partial charge on any atom is 0.251 e. The molecule has 0 aliphatic heterocycles. The summed E-state index contributed by atoms with van der Waals surface area (Å²) in [6.45, 7) is 0.439. The largest absolute Gasteiger partial charge is 0.497 e. The first-order valence-electron chi connectivity index (χ1n) is 6.48. The van der Waals surface area contributed by atoms with Crippen molar-refractivity contribution in [2.75, 3.05) is 20.0 Å². The standard InChI is InChI=1S/C16H18N2O3/c1-20-13-6-3-11(4-7-13)10-18-16(19)12-5-8-15(21-2)14(17)9-12/h3-9H,10,17H2,1-2H3,(H,18,19). The summed E-state index contributed by atoms with van der Waals surface area (Å²) in [6.07, 6.45) is 0. The van der Waals surface area contributed by atoms with E-state index in [0.717, 1.165) is 11.3 Å².